The second kappa shape index (κ2) is 4.52. The minimum absolute atomic E-state index is 0.274. The number of hydrogen-bond donors (Lipinski definition) is 1. The van der Waals surface area contributed by atoms with Crippen molar-refractivity contribution in [2.75, 3.05) is 24.2 Å². The average molecular weight is 283 g/mol. The Morgan fingerprint density at radius 1 is 1.32 bits per heavy atom. The van der Waals surface area contributed by atoms with E-state index in [1.165, 1.54) is 6.26 Å². The number of hydrogen-bond acceptors (Lipinski definition) is 4. The lowest BCUT2D eigenvalue weighted by Crippen LogP contribution is -2.31. The van der Waals surface area contributed by atoms with Gasteiger partial charge >= 0.3 is 5.97 Å². The van der Waals surface area contributed by atoms with Crippen LogP contribution in [0.2, 0.25) is 0 Å². The van der Waals surface area contributed by atoms with Crippen molar-refractivity contribution < 1.29 is 18.3 Å². The maximum Gasteiger partial charge on any atom is 0.311 e. The molecule has 1 N–H and O–H groups in total. The molecule has 1 fully saturated rings. The molecule has 0 bridgehead atoms. The Kier molecular flexibility index (Phi) is 3.30. The van der Waals surface area contributed by atoms with Crippen molar-refractivity contribution in [3.8, 4) is 0 Å². The minimum Gasteiger partial charge on any atom is -0.481 e. The van der Waals surface area contributed by atoms with Crippen LogP contribution in [0, 0.1) is 5.41 Å². The van der Waals surface area contributed by atoms with Gasteiger partial charge in [0.25, 0.3) is 0 Å². The van der Waals surface area contributed by atoms with Gasteiger partial charge in [-0.1, -0.05) is 0 Å². The number of carbonyl (C=O) groups is 1. The molecule has 0 spiro atoms. The summed E-state index contributed by atoms with van der Waals surface area (Å²) in [7, 11) is -3.19. The molecule has 0 aliphatic carbocycles. The molecule has 1 aliphatic rings. The Morgan fingerprint density at radius 2 is 1.89 bits per heavy atom. The highest BCUT2D eigenvalue weighted by Crippen LogP contribution is 2.33. The first-order valence-corrected chi connectivity index (χ1v) is 7.90. The zero-order valence-electron chi connectivity index (χ0n) is 11.0. The molecule has 0 aromatic heterocycles. The van der Waals surface area contributed by atoms with E-state index in [4.69, 9.17) is 0 Å². The van der Waals surface area contributed by atoms with Gasteiger partial charge in [-0.25, -0.2) is 8.42 Å². The van der Waals surface area contributed by atoms with Crippen LogP contribution < -0.4 is 4.90 Å². The lowest BCUT2D eigenvalue weighted by Gasteiger charge is -2.21. The Bertz CT molecular complexity index is 594. The third kappa shape index (κ3) is 2.73. The van der Waals surface area contributed by atoms with Crippen LogP contribution in [0.4, 0.5) is 5.69 Å². The van der Waals surface area contributed by atoms with Crippen molar-refractivity contribution in [2.45, 2.75) is 18.2 Å². The SMILES string of the molecule is CC1(C(=O)O)CCN(c2ccc(S(C)(=O)=O)cc2)C1. The lowest BCUT2D eigenvalue weighted by molar-refractivity contribution is -0.146. The molecule has 1 unspecified atom stereocenters. The van der Waals surface area contributed by atoms with Gasteiger partial charge < -0.3 is 10.0 Å². The van der Waals surface area contributed by atoms with Crippen LogP contribution in [0.1, 0.15) is 13.3 Å². The van der Waals surface area contributed by atoms with Crippen LogP contribution in [0.3, 0.4) is 0 Å². The van der Waals surface area contributed by atoms with Crippen molar-refractivity contribution in [2.24, 2.45) is 5.41 Å². The number of sulfone groups is 1. The maximum absolute atomic E-state index is 11.4. The summed E-state index contributed by atoms with van der Waals surface area (Å²) in [6.45, 7) is 2.85. The van der Waals surface area contributed by atoms with Gasteiger partial charge in [-0.2, -0.15) is 0 Å². The normalized spacial score (nSPS) is 23.6. The summed E-state index contributed by atoms with van der Waals surface area (Å²) in [5.74, 6) is -0.789. The van der Waals surface area contributed by atoms with E-state index >= 15 is 0 Å². The molecule has 1 atom stereocenters. The molecule has 2 rings (SSSR count). The van der Waals surface area contributed by atoms with E-state index in [1.54, 1.807) is 31.2 Å². The predicted molar refractivity (Wildman–Crippen MR) is 72.1 cm³/mol. The Morgan fingerprint density at radius 3 is 2.32 bits per heavy atom. The predicted octanol–water partition coefficient (Wildman–Crippen LogP) is 1.39. The van der Waals surface area contributed by atoms with Crippen molar-refractivity contribution in [3.63, 3.8) is 0 Å². The first-order chi connectivity index (χ1) is 8.72. The largest absolute Gasteiger partial charge is 0.481 e. The second-order valence-electron chi connectivity index (χ2n) is 5.30. The van der Waals surface area contributed by atoms with Crippen LogP contribution in [-0.4, -0.2) is 38.8 Å². The monoisotopic (exact) mass is 283 g/mol. The Balaban J connectivity index is 2.19. The summed E-state index contributed by atoms with van der Waals surface area (Å²) in [6.07, 6.45) is 1.76. The van der Waals surface area contributed by atoms with Gasteiger partial charge in [0.05, 0.1) is 10.3 Å². The fourth-order valence-electron chi connectivity index (χ4n) is 2.26. The van der Waals surface area contributed by atoms with E-state index in [1.807, 2.05) is 4.90 Å². The number of benzene rings is 1. The van der Waals surface area contributed by atoms with Crippen molar-refractivity contribution in [1.29, 1.82) is 0 Å². The van der Waals surface area contributed by atoms with Crippen molar-refractivity contribution in [3.05, 3.63) is 24.3 Å². The highest BCUT2D eigenvalue weighted by molar-refractivity contribution is 7.90. The molecule has 1 saturated heterocycles. The first kappa shape index (κ1) is 13.9. The topological polar surface area (TPSA) is 74.7 Å². The van der Waals surface area contributed by atoms with E-state index in [9.17, 15) is 18.3 Å². The molecule has 104 valence electrons. The Labute approximate surface area is 112 Å². The molecule has 5 nitrogen and oxygen atoms in total. The lowest BCUT2D eigenvalue weighted by atomic mass is 9.90. The van der Waals surface area contributed by atoms with E-state index in [-0.39, 0.29) is 4.90 Å². The summed E-state index contributed by atoms with van der Waals surface area (Å²) >= 11 is 0. The highest BCUT2D eigenvalue weighted by atomic mass is 32.2. The molecule has 6 heteroatoms. The van der Waals surface area contributed by atoms with Gasteiger partial charge in [0.1, 0.15) is 0 Å². The van der Waals surface area contributed by atoms with Crippen LogP contribution in [0.5, 0.6) is 0 Å². The van der Waals surface area contributed by atoms with Gasteiger partial charge in [-0.05, 0) is 37.6 Å². The number of carboxylic acids is 1. The molecule has 0 saturated carbocycles. The summed E-state index contributed by atoms with van der Waals surface area (Å²) in [6, 6.07) is 6.57. The third-order valence-corrected chi connectivity index (χ3v) is 4.75. The van der Waals surface area contributed by atoms with Gasteiger partial charge in [0, 0.05) is 25.0 Å². The average Bonchev–Trinajstić information content (AvgIpc) is 2.72. The number of carboxylic acid groups (broad SMARTS) is 1. The van der Waals surface area contributed by atoms with Crippen LogP contribution >= 0.6 is 0 Å². The molecule has 0 amide bonds. The first-order valence-electron chi connectivity index (χ1n) is 6.01. The molecule has 19 heavy (non-hydrogen) atoms. The zero-order chi connectivity index (χ0) is 14.3. The van der Waals surface area contributed by atoms with Crippen molar-refractivity contribution in [1.82, 2.24) is 0 Å². The number of rotatable bonds is 3. The van der Waals surface area contributed by atoms with Crippen LogP contribution in [0.15, 0.2) is 29.2 Å². The fourth-order valence-corrected chi connectivity index (χ4v) is 2.89. The number of aliphatic carboxylic acids is 1. The van der Waals surface area contributed by atoms with Gasteiger partial charge in [-0.15, -0.1) is 0 Å². The molecular formula is C13H17NO4S. The molecular weight excluding hydrogens is 266 g/mol. The van der Waals surface area contributed by atoms with Gasteiger partial charge in [0.15, 0.2) is 9.84 Å². The number of anilines is 1. The van der Waals surface area contributed by atoms with Gasteiger partial charge in [-0.3, -0.25) is 4.79 Å². The molecule has 1 heterocycles. The van der Waals surface area contributed by atoms with E-state index < -0.39 is 21.2 Å². The molecule has 1 aliphatic heterocycles. The molecule has 0 radical (unpaired) electrons. The third-order valence-electron chi connectivity index (χ3n) is 3.62. The summed E-state index contributed by atoms with van der Waals surface area (Å²) in [5.41, 5.74) is 0.132. The highest BCUT2D eigenvalue weighted by Gasteiger charge is 2.40. The molecule has 1 aromatic rings. The fraction of sp³-hybridized carbons (Fsp3) is 0.462. The van der Waals surface area contributed by atoms with Gasteiger partial charge in [0.2, 0.25) is 0 Å². The summed E-state index contributed by atoms with van der Waals surface area (Å²) in [5, 5.41) is 9.18. The smallest absolute Gasteiger partial charge is 0.311 e. The summed E-state index contributed by atoms with van der Waals surface area (Å²) < 4.78 is 22.7. The minimum atomic E-state index is -3.19. The standard InChI is InChI=1S/C13H17NO4S/c1-13(12(15)16)7-8-14(9-13)10-3-5-11(6-4-10)19(2,17)18/h3-6H,7-9H2,1-2H3,(H,15,16). The Hall–Kier alpha value is -1.56. The summed E-state index contributed by atoms with van der Waals surface area (Å²) in [4.78, 5) is 13.4. The molecule has 1 aromatic carbocycles. The van der Waals surface area contributed by atoms with Crippen LogP contribution in [-0.2, 0) is 14.6 Å². The maximum atomic E-state index is 11.4. The number of nitrogens with zero attached hydrogens (tertiary/aromatic N) is 1. The quantitative estimate of drug-likeness (QED) is 0.907. The van der Waals surface area contributed by atoms with E-state index in [2.05, 4.69) is 0 Å². The van der Waals surface area contributed by atoms with Crippen LogP contribution in [0.25, 0.3) is 0 Å². The van der Waals surface area contributed by atoms with E-state index in [0.717, 1.165) is 5.69 Å². The van der Waals surface area contributed by atoms with Crippen molar-refractivity contribution >= 4 is 21.5 Å². The van der Waals surface area contributed by atoms with E-state index in [0.29, 0.717) is 19.5 Å². The second-order valence-corrected chi connectivity index (χ2v) is 7.32. The zero-order valence-corrected chi connectivity index (χ0v) is 11.8.